The van der Waals surface area contributed by atoms with Gasteiger partial charge in [0.05, 0.1) is 26.7 Å². The molecule has 0 bridgehead atoms. The number of methoxy groups -OCH3 is 1. The van der Waals surface area contributed by atoms with Gasteiger partial charge in [0.15, 0.2) is 0 Å². The number of nitrogens with zero attached hydrogens (tertiary/aromatic N) is 1. The summed E-state index contributed by atoms with van der Waals surface area (Å²) in [7, 11) is 1.39. The molecule has 2 aliphatic rings. The van der Waals surface area contributed by atoms with Crippen LogP contribution in [0.2, 0.25) is 0 Å². The van der Waals surface area contributed by atoms with E-state index in [-0.39, 0.29) is 12.4 Å². The lowest BCUT2D eigenvalue weighted by Crippen LogP contribution is -2.50. The van der Waals surface area contributed by atoms with Gasteiger partial charge in [0.1, 0.15) is 18.0 Å². The molecule has 228 valence electrons. The predicted molar refractivity (Wildman–Crippen MR) is 166 cm³/mol. The second-order valence-corrected chi connectivity index (χ2v) is 12.6. The topological polar surface area (TPSA) is 86.3 Å². The zero-order valence-corrected chi connectivity index (χ0v) is 25.6. The van der Waals surface area contributed by atoms with E-state index in [4.69, 9.17) is 18.9 Å². The molecule has 5 rings (SSSR count). The standard InChI is InChI=1S/C35H42N2O6/c1-34(2,3)43-33(39)36-21-25-8-7-10-27(16-25)29-17-26(22-42-31-11-6-5-9-28(31)20-32(38)40-4)18-30(19-29)37-14-12-35(13-15-37)23-41-24-35/h5-11,16-19H,12-15,20-24H2,1-4H3,(H,36,39). The SMILES string of the molecule is COC(=O)Cc1ccccc1OCc1cc(-c2cccc(CNC(=O)OC(C)(C)C)c2)cc(N2CCC3(CC2)COC3)c1. The van der Waals surface area contributed by atoms with Crippen LogP contribution in [0.3, 0.4) is 0 Å². The van der Waals surface area contributed by atoms with E-state index in [9.17, 15) is 9.59 Å². The summed E-state index contributed by atoms with van der Waals surface area (Å²) >= 11 is 0. The highest BCUT2D eigenvalue weighted by Gasteiger charge is 2.41. The first-order valence-corrected chi connectivity index (χ1v) is 14.9. The van der Waals surface area contributed by atoms with Gasteiger partial charge in [-0.25, -0.2) is 4.79 Å². The summed E-state index contributed by atoms with van der Waals surface area (Å²) in [5.41, 5.74) is 5.89. The molecule has 1 N–H and O–H groups in total. The Balaban J connectivity index is 1.38. The van der Waals surface area contributed by atoms with Crippen LogP contribution < -0.4 is 15.0 Å². The van der Waals surface area contributed by atoms with Crippen LogP contribution >= 0.6 is 0 Å². The number of esters is 1. The molecule has 8 heteroatoms. The van der Waals surface area contributed by atoms with Crippen LogP contribution in [0.1, 0.15) is 50.3 Å². The number of benzene rings is 3. The van der Waals surface area contributed by atoms with Crippen molar-refractivity contribution in [1.82, 2.24) is 5.32 Å². The molecule has 0 aliphatic carbocycles. The van der Waals surface area contributed by atoms with Crippen LogP contribution in [0.15, 0.2) is 66.7 Å². The Labute approximate surface area is 254 Å². The summed E-state index contributed by atoms with van der Waals surface area (Å²) in [5, 5.41) is 2.86. The zero-order valence-electron chi connectivity index (χ0n) is 25.6. The molecule has 3 aromatic rings. The van der Waals surface area contributed by atoms with Crippen molar-refractivity contribution in [2.75, 3.05) is 38.3 Å². The quantitative estimate of drug-likeness (QED) is 0.295. The lowest BCUT2D eigenvalue weighted by molar-refractivity contribution is -0.139. The minimum atomic E-state index is -0.551. The number of hydrogen-bond donors (Lipinski definition) is 1. The third kappa shape index (κ3) is 8.08. The van der Waals surface area contributed by atoms with Crippen molar-refractivity contribution < 1.29 is 28.5 Å². The second kappa shape index (κ2) is 13.1. The zero-order chi connectivity index (χ0) is 30.5. The first kappa shape index (κ1) is 30.4. The van der Waals surface area contributed by atoms with Crippen molar-refractivity contribution in [1.29, 1.82) is 0 Å². The Morgan fingerprint density at radius 3 is 2.37 bits per heavy atom. The van der Waals surface area contributed by atoms with Gasteiger partial charge in [-0.05, 0) is 86.2 Å². The third-order valence-corrected chi connectivity index (χ3v) is 8.01. The molecule has 2 fully saturated rings. The Morgan fingerprint density at radius 1 is 0.930 bits per heavy atom. The summed E-state index contributed by atoms with van der Waals surface area (Å²) in [6.45, 7) is 9.97. The molecule has 2 saturated heterocycles. The highest BCUT2D eigenvalue weighted by Crippen LogP contribution is 2.40. The van der Waals surface area contributed by atoms with E-state index in [1.54, 1.807) is 0 Å². The Hall–Kier alpha value is -4.04. The molecule has 0 radical (unpaired) electrons. The summed E-state index contributed by atoms with van der Waals surface area (Å²) in [6, 6.07) is 22.4. The van der Waals surface area contributed by atoms with E-state index in [1.807, 2.05) is 57.2 Å². The fraction of sp³-hybridized carbons (Fsp3) is 0.429. The molecule has 43 heavy (non-hydrogen) atoms. The molecule has 2 heterocycles. The van der Waals surface area contributed by atoms with Crippen LogP contribution in [-0.4, -0.2) is 51.1 Å². The number of ether oxygens (including phenoxy) is 4. The van der Waals surface area contributed by atoms with Gasteiger partial charge in [-0.3, -0.25) is 4.79 Å². The van der Waals surface area contributed by atoms with Gasteiger partial charge in [0.25, 0.3) is 0 Å². The van der Waals surface area contributed by atoms with Crippen molar-refractivity contribution in [3.8, 4) is 16.9 Å². The van der Waals surface area contributed by atoms with E-state index in [2.05, 4.69) is 40.5 Å². The summed E-state index contributed by atoms with van der Waals surface area (Å²) in [4.78, 5) is 26.6. The summed E-state index contributed by atoms with van der Waals surface area (Å²) in [6.07, 6.45) is 1.96. The van der Waals surface area contributed by atoms with Crippen LogP contribution in [0.25, 0.3) is 11.1 Å². The fourth-order valence-electron chi connectivity index (χ4n) is 5.55. The molecule has 1 amide bonds. The lowest BCUT2D eigenvalue weighted by Gasteiger charge is -2.48. The average Bonchev–Trinajstić information content (AvgIpc) is 2.98. The number of alkyl carbamates (subject to hydrolysis) is 1. The Morgan fingerprint density at radius 2 is 1.67 bits per heavy atom. The molecule has 8 nitrogen and oxygen atoms in total. The number of rotatable bonds is 9. The maximum absolute atomic E-state index is 12.2. The highest BCUT2D eigenvalue weighted by atomic mass is 16.6. The predicted octanol–water partition coefficient (Wildman–Crippen LogP) is 6.29. The van der Waals surface area contributed by atoms with E-state index in [0.717, 1.165) is 72.6 Å². The van der Waals surface area contributed by atoms with Crippen LogP contribution in [-0.2, 0) is 38.6 Å². The van der Waals surface area contributed by atoms with Gasteiger partial charge in [-0.15, -0.1) is 0 Å². The van der Waals surface area contributed by atoms with E-state index in [1.165, 1.54) is 7.11 Å². The molecule has 0 saturated carbocycles. The van der Waals surface area contributed by atoms with Crippen molar-refractivity contribution >= 4 is 17.7 Å². The van der Waals surface area contributed by atoms with Gasteiger partial charge >= 0.3 is 12.1 Å². The average molecular weight is 587 g/mol. The maximum atomic E-state index is 12.2. The normalized spacial score (nSPS) is 15.9. The number of carbonyl (C=O) groups is 2. The molecule has 1 spiro atoms. The number of amides is 1. The number of piperidine rings is 1. The molecule has 0 atom stereocenters. The highest BCUT2D eigenvalue weighted by molar-refractivity contribution is 5.73. The molecule has 0 unspecified atom stereocenters. The largest absolute Gasteiger partial charge is 0.489 e. The monoisotopic (exact) mass is 586 g/mol. The number of hydrogen-bond acceptors (Lipinski definition) is 7. The van der Waals surface area contributed by atoms with Crippen molar-refractivity contribution in [2.45, 2.75) is 58.8 Å². The first-order chi connectivity index (χ1) is 20.6. The molecular formula is C35H42N2O6. The number of para-hydroxylation sites is 1. The molecular weight excluding hydrogens is 544 g/mol. The van der Waals surface area contributed by atoms with Gasteiger partial charge in [0, 0.05) is 36.3 Å². The smallest absolute Gasteiger partial charge is 0.407 e. The first-order valence-electron chi connectivity index (χ1n) is 14.9. The lowest BCUT2D eigenvalue weighted by atomic mass is 9.76. The Kier molecular flexibility index (Phi) is 9.25. The number of carbonyl (C=O) groups excluding carboxylic acids is 2. The van der Waals surface area contributed by atoms with Gasteiger partial charge in [-0.2, -0.15) is 0 Å². The molecule has 2 aliphatic heterocycles. The minimum absolute atomic E-state index is 0.154. The van der Waals surface area contributed by atoms with Crippen molar-refractivity contribution in [3.05, 3.63) is 83.4 Å². The summed E-state index contributed by atoms with van der Waals surface area (Å²) in [5.74, 6) is 0.362. The third-order valence-electron chi connectivity index (χ3n) is 8.01. The van der Waals surface area contributed by atoms with Gasteiger partial charge < -0.3 is 29.2 Å². The van der Waals surface area contributed by atoms with Gasteiger partial charge in [0.2, 0.25) is 0 Å². The van der Waals surface area contributed by atoms with E-state index in [0.29, 0.717) is 24.3 Å². The minimum Gasteiger partial charge on any atom is -0.489 e. The number of anilines is 1. The van der Waals surface area contributed by atoms with Crippen LogP contribution in [0.4, 0.5) is 10.5 Å². The Bertz CT molecular complexity index is 1430. The van der Waals surface area contributed by atoms with E-state index < -0.39 is 11.7 Å². The number of nitrogens with one attached hydrogen (secondary N) is 1. The van der Waals surface area contributed by atoms with Crippen molar-refractivity contribution in [3.63, 3.8) is 0 Å². The summed E-state index contributed by atoms with van der Waals surface area (Å²) < 4.78 is 22.1. The van der Waals surface area contributed by atoms with E-state index >= 15 is 0 Å². The van der Waals surface area contributed by atoms with Crippen molar-refractivity contribution in [2.24, 2.45) is 5.41 Å². The van der Waals surface area contributed by atoms with Gasteiger partial charge in [-0.1, -0.05) is 36.4 Å². The molecule has 0 aromatic heterocycles. The molecule has 3 aromatic carbocycles. The maximum Gasteiger partial charge on any atom is 0.407 e. The van der Waals surface area contributed by atoms with Crippen LogP contribution in [0, 0.1) is 5.41 Å². The second-order valence-electron chi connectivity index (χ2n) is 12.6. The van der Waals surface area contributed by atoms with Crippen LogP contribution in [0.5, 0.6) is 5.75 Å². The fourth-order valence-corrected chi connectivity index (χ4v) is 5.55.